The molecule has 9 nitrogen and oxygen atoms in total. The van der Waals surface area contributed by atoms with Gasteiger partial charge in [-0.3, -0.25) is 14.8 Å². The number of nitrogens with zero attached hydrogens (tertiary/aromatic N) is 5. The summed E-state index contributed by atoms with van der Waals surface area (Å²) >= 11 is 0. The topological polar surface area (TPSA) is 126 Å². The Morgan fingerprint density at radius 1 is 1.50 bits per heavy atom. The molecule has 0 radical (unpaired) electrons. The second-order valence-electron chi connectivity index (χ2n) is 5.10. The van der Waals surface area contributed by atoms with E-state index in [4.69, 9.17) is 10.3 Å². The van der Waals surface area contributed by atoms with Crippen molar-refractivity contribution >= 4 is 5.69 Å². The zero-order valence-corrected chi connectivity index (χ0v) is 11.2. The highest BCUT2D eigenvalue weighted by Gasteiger charge is 2.40. The summed E-state index contributed by atoms with van der Waals surface area (Å²) in [4.78, 5) is 14.9. The molecule has 2 aromatic rings. The third kappa shape index (κ3) is 1.70. The molecule has 0 aromatic carbocycles. The van der Waals surface area contributed by atoms with Crippen LogP contribution in [0.1, 0.15) is 30.8 Å². The molecule has 2 aromatic heterocycles. The highest BCUT2D eigenvalue weighted by molar-refractivity contribution is 5.64. The van der Waals surface area contributed by atoms with E-state index >= 15 is 0 Å². The van der Waals surface area contributed by atoms with Crippen molar-refractivity contribution in [2.75, 3.05) is 0 Å². The Labute approximate surface area is 113 Å². The Balaban J connectivity index is 2.08. The molecule has 0 spiro atoms. The van der Waals surface area contributed by atoms with Gasteiger partial charge in [0.25, 0.3) is 5.89 Å². The molecule has 1 saturated carbocycles. The smallest absolute Gasteiger partial charge is 0.322 e. The fourth-order valence-corrected chi connectivity index (χ4v) is 2.41. The lowest BCUT2D eigenvalue weighted by atomic mass is 9.77. The molecule has 0 unspecified atom stereocenters. The summed E-state index contributed by atoms with van der Waals surface area (Å²) in [5, 5.41) is 19.0. The van der Waals surface area contributed by atoms with Gasteiger partial charge < -0.3 is 10.3 Å². The highest BCUT2D eigenvalue weighted by atomic mass is 16.6. The number of nitrogens with two attached hydrogens (primary N) is 1. The molecular weight excluding hydrogens is 264 g/mol. The number of rotatable bonds is 3. The van der Waals surface area contributed by atoms with E-state index in [0.29, 0.717) is 11.5 Å². The van der Waals surface area contributed by atoms with E-state index in [-0.39, 0.29) is 17.3 Å². The number of nitro groups is 1. The first-order chi connectivity index (χ1) is 9.42. The third-order valence-corrected chi connectivity index (χ3v) is 3.69. The summed E-state index contributed by atoms with van der Waals surface area (Å²) in [6.45, 7) is 1.56. The molecular formula is C11H14N6O3. The summed E-state index contributed by atoms with van der Waals surface area (Å²) < 4.78 is 6.52. The molecule has 3 rings (SSSR count). The third-order valence-electron chi connectivity index (χ3n) is 3.69. The first kappa shape index (κ1) is 12.7. The molecule has 1 aliphatic carbocycles. The van der Waals surface area contributed by atoms with Crippen LogP contribution in [-0.4, -0.2) is 24.8 Å². The largest absolute Gasteiger partial charge is 0.332 e. The lowest BCUT2D eigenvalue weighted by molar-refractivity contribution is -0.384. The van der Waals surface area contributed by atoms with Crippen LogP contribution in [0.4, 0.5) is 5.69 Å². The van der Waals surface area contributed by atoms with Crippen molar-refractivity contribution in [1.82, 2.24) is 19.9 Å². The zero-order chi connectivity index (χ0) is 14.5. The summed E-state index contributed by atoms with van der Waals surface area (Å²) in [6.07, 6.45) is 2.60. The van der Waals surface area contributed by atoms with Crippen molar-refractivity contribution in [3.05, 3.63) is 21.6 Å². The Morgan fingerprint density at radius 3 is 2.75 bits per heavy atom. The second-order valence-corrected chi connectivity index (χ2v) is 5.10. The summed E-state index contributed by atoms with van der Waals surface area (Å²) in [5.74, 6) is 0.471. The quantitative estimate of drug-likeness (QED) is 0.656. The lowest BCUT2D eigenvalue weighted by Crippen LogP contribution is -2.44. The average Bonchev–Trinajstić information content (AvgIpc) is 2.90. The van der Waals surface area contributed by atoms with Gasteiger partial charge in [0.2, 0.25) is 5.69 Å². The maximum atomic E-state index is 11.1. The van der Waals surface area contributed by atoms with Crippen molar-refractivity contribution in [3.63, 3.8) is 0 Å². The standard InChI is InChI=1S/C11H14N6O3/c1-6-7(17(18)19)8(16(2)14-6)9-13-10(15-20-9)11(12)4-3-5-11/h3-5,12H2,1-2H3. The minimum absolute atomic E-state index is 0.0755. The van der Waals surface area contributed by atoms with Crippen molar-refractivity contribution < 1.29 is 9.45 Å². The molecule has 0 bridgehead atoms. The van der Waals surface area contributed by atoms with Gasteiger partial charge in [-0.25, -0.2) is 0 Å². The number of hydrogen-bond acceptors (Lipinski definition) is 7. The van der Waals surface area contributed by atoms with E-state index in [1.165, 1.54) is 4.68 Å². The van der Waals surface area contributed by atoms with Crippen molar-refractivity contribution in [1.29, 1.82) is 0 Å². The van der Waals surface area contributed by atoms with Crippen LogP contribution in [0.5, 0.6) is 0 Å². The molecule has 1 aliphatic rings. The van der Waals surface area contributed by atoms with Crippen molar-refractivity contribution in [3.8, 4) is 11.6 Å². The monoisotopic (exact) mass is 278 g/mol. The van der Waals surface area contributed by atoms with Crippen LogP contribution < -0.4 is 5.73 Å². The summed E-state index contributed by atoms with van der Waals surface area (Å²) in [7, 11) is 1.60. The SMILES string of the molecule is Cc1nn(C)c(-c2nc(C3(N)CCC3)no2)c1[N+](=O)[O-]. The second kappa shape index (κ2) is 4.10. The molecule has 20 heavy (non-hydrogen) atoms. The predicted octanol–water partition coefficient (Wildman–Crippen LogP) is 1.02. The highest BCUT2D eigenvalue weighted by Crippen LogP contribution is 2.38. The van der Waals surface area contributed by atoms with Crippen LogP contribution in [-0.2, 0) is 12.6 Å². The van der Waals surface area contributed by atoms with Gasteiger partial charge in [-0.05, 0) is 26.2 Å². The normalized spacial score (nSPS) is 16.9. The van der Waals surface area contributed by atoms with Gasteiger partial charge in [0, 0.05) is 7.05 Å². The van der Waals surface area contributed by atoms with Crippen LogP contribution in [0, 0.1) is 17.0 Å². The Bertz CT molecular complexity index is 684. The molecule has 0 amide bonds. The first-order valence-corrected chi connectivity index (χ1v) is 6.24. The van der Waals surface area contributed by atoms with E-state index in [2.05, 4.69) is 15.2 Å². The molecule has 2 N–H and O–H groups in total. The Kier molecular flexibility index (Phi) is 2.61. The van der Waals surface area contributed by atoms with E-state index in [1.54, 1.807) is 14.0 Å². The lowest BCUT2D eigenvalue weighted by Gasteiger charge is -2.34. The van der Waals surface area contributed by atoms with Gasteiger partial charge in [0.05, 0.1) is 10.5 Å². The Hall–Kier alpha value is -2.29. The van der Waals surface area contributed by atoms with Gasteiger partial charge in [0.1, 0.15) is 5.69 Å². The van der Waals surface area contributed by atoms with Crippen molar-refractivity contribution in [2.24, 2.45) is 12.8 Å². The first-order valence-electron chi connectivity index (χ1n) is 6.24. The maximum Gasteiger partial charge on any atom is 0.322 e. The summed E-state index contributed by atoms with van der Waals surface area (Å²) in [6, 6.07) is 0. The minimum Gasteiger partial charge on any atom is -0.332 e. The number of aromatic nitrogens is 4. The molecule has 2 heterocycles. The summed E-state index contributed by atoms with van der Waals surface area (Å²) in [5.41, 5.74) is 5.93. The molecule has 0 saturated heterocycles. The fourth-order valence-electron chi connectivity index (χ4n) is 2.41. The average molecular weight is 278 g/mol. The zero-order valence-electron chi connectivity index (χ0n) is 11.2. The Morgan fingerprint density at radius 2 is 2.20 bits per heavy atom. The van der Waals surface area contributed by atoms with Gasteiger partial charge in [-0.1, -0.05) is 5.16 Å². The van der Waals surface area contributed by atoms with Gasteiger partial charge in [-0.15, -0.1) is 0 Å². The van der Waals surface area contributed by atoms with Crippen LogP contribution in [0.15, 0.2) is 4.52 Å². The van der Waals surface area contributed by atoms with E-state index in [0.717, 1.165) is 19.3 Å². The van der Waals surface area contributed by atoms with Crippen LogP contribution in [0.3, 0.4) is 0 Å². The van der Waals surface area contributed by atoms with Gasteiger partial charge >= 0.3 is 5.69 Å². The number of hydrogen-bond donors (Lipinski definition) is 1. The molecule has 9 heteroatoms. The molecule has 1 fully saturated rings. The number of aryl methyl sites for hydroxylation is 2. The molecule has 106 valence electrons. The van der Waals surface area contributed by atoms with Gasteiger partial charge in [0.15, 0.2) is 5.82 Å². The fraction of sp³-hybridized carbons (Fsp3) is 0.545. The van der Waals surface area contributed by atoms with E-state index in [9.17, 15) is 10.1 Å². The molecule has 0 atom stereocenters. The van der Waals surface area contributed by atoms with Crippen molar-refractivity contribution in [2.45, 2.75) is 31.7 Å². The van der Waals surface area contributed by atoms with Crippen LogP contribution in [0.2, 0.25) is 0 Å². The molecule has 0 aliphatic heterocycles. The minimum atomic E-state index is -0.565. The van der Waals surface area contributed by atoms with E-state index < -0.39 is 10.5 Å². The van der Waals surface area contributed by atoms with Gasteiger partial charge in [-0.2, -0.15) is 10.1 Å². The maximum absolute atomic E-state index is 11.1. The predicted molar refractivity (Wildman–Crippen MR) is 67.6 cm³/mol. The van der Waals surface area contributed by atoms with Crippen LogP contribution >= 0.6 is 0 Å². The van der Waals surface area contributed by atoms with Crippen LogP contribution in [0.25, 0.3) is 11.6 Å². The van der Waals surface area contributed by atoms with E-state index in [1.807, 2.05) is 0 Å².